The van der Waals surface area contributed by atoms with Gasteiger partial charge in [-0.05, 0) is 37.0 Å². The molecule has 0 bridgehead atoms. The number of aliphatic hydroxyl groups excluding tert-OH is 1. The maximum Gasteiger partial charge on any atom is 0.118 e. The molecule has 3 nitrogen and oxygen atoms in total. The van der Waals surface area contributed by atoms with Crippen LogP contribution in [-0.4, -0.2) is 31.0 Å². The number of benzene rings is 1. The third kappa shape index (κ3) is 2.97. The second kappa shape index (κ2) is 5.32. The van der Waals surface area contributed by atoms with Gasteiger partial charge in [0.15, 0.2) is 0 Å². The molecule has 1 heterocycles. The Morgan fingerprint density at radius 1 is 1.38 bits per heavy atom. The summed E-state index contributed by atoms with van der Waals surface area (Å²) in [4.78, 5) is 0. The van der Waals surface area contributed by atoms with Crippen LogP contribution >= 0.6 is 0 Å². The van der Waals surface area contributed by atoms with Crippen LogP contribution in [0.2, 0.25) is 0 Å². The maximum atomic E-state index is 9.54. The largest absolute Gasteiger partial charge is 0.497 e. The number of hydrogen-bond acceptors (Lipinski definition) is 3. The summed E-state index contributed by atoms with van der Waals surface area (Å²) in [5.74, 6) is 0.869. The summed E-state index contributed by atoms with van der Waals surface area (Å²) < 4.78 is 10.7. The van der Waals surface area contributed by atoms with E-state index in [1.165, 1.54) is 5.56 Å². The first-order valence-electron chi connectivity index (χ1n) is 5.70. The van der Waals surface area contributed by atoms with Gasteiger partial charge in [-0.3, -0.25) is 0 Å². The van der Waals surface area contributed by atoms with Gasteiger partial charge in [0.25, 0.3) is 0 Å². The van der Waals surface area contributed by atoms with Crippen LogP contribution in [0.5, 0.6) is 5.75 Å². The molecule has 2 unspecified atom stereocenters. The molecular formula is C13H18O3. The minimum absolute atomic E-state index is 0.150. The van der Waals surface area contributed by atoms with Crippen LogP contribution in [0.4, 0.5) is 0 Å². The second-order valence-electron chi connectivity index (χ2n) is 4.22. The molecule has 2 rings (SSSR count). The van der Waals surface area contributed by atoms with Gasteiger partial charge >= 0.3 is 0 Å². The molecular weight excluding hydrogens is 204 g/mol. The Hall–Kier alpha value is -1.06. The Labute approximate surface area is 96.0 Å². The molecule has 3 heteroatoms. The number of aliphatic hydroxyl groups is 1. The molecule has 16 heavy (non-hydrogen) atoms. The summed E-state index contributed by atoms with van der Waals surface area (Å²) in [5.41, 5.74) is 1.22. The Balaban J connectivity index is 1.92. The third-order valence-corrected chi connectivity index (χ3v) is 2.96. The SMILES string of the molecule is COc1ccc(CC2CC(O)CCO2)cc1. The van der Waals surface area contributed by atoms with Gasteiger partial charge in [0.1, 0.15) is 5.75 Å². The third-order valence-electron chi connectivity index (χ3n) is 2.96. The highest BCUT2D eigenvalue weighted by Gasteiger charge is 2.20. The van der Waals surface area contributed by atoms with E-state index in [9.17, 15) is 5.11 Å². The van der Waals surface area contributed by atoms with Gasteiger partial charge in [0.05, 0.1) is 19.3 Å². The predicted octanol–water partition coefficient (Wildman–Crippen LogP) is 1.78. The van der Waals surface area contributed by atoms with Crippen molar-refractivity contribution in [2.45, 2.75) is 31.5 Å². The normalized spacial score (nSPS) is 25.4. The molecule has 0 aromatic heterocycles. The average molecular weight is 222 g/mol. The summed E-state index contributed by atoms with van der Waals surface area (Å²) in [5, 5.41) is 9.54. The highest BCUT2D eigenvalue weighted by atomic mass is 16.5. The van der Waals surface area contributed by atoms with Crippen molar-refractivity contribution < 1.29 is 14.6 Å². The first-order valence-corrected chi connectivity index (χ1v) is 5.70. The molecule has 0 aliphatic carbocycles. The van der Waals surface area contributed by atoms with Crippen molar-refractivity contribution in [3.05, 3.63) is 29.8 Å². The zero-order valence-electron chi connectivity index (χ0n) is 9.56. The van der Waals surface area contributed by atoms with E-state index in [1.54, 1.807) is 7.11 Å². The minimum atomic E-state index is -0.197. The van der Waals surface area contributed by atoms with E-state index in [1.807, 2.05) is 24.3 Å². The molecule has 2 atom stereocenters. The van der Waals surface area contributed by atoms with Crippen LogP contribution < -0.4 is 4.74 Å². The molecule has 0 saturated carbocycles. The fourth-order valence-corrected chi connectivity index (χ4v) is 2.03. The summed E-state index contributed by atoms with van der Waals surface area (Å²) in [7, 11) is 1.66. The van der Waals surface area contributed by atoms with Gasteiger partial charge in [0.2, 0.25) is 0 Å². The van der Waals surface area contributed by atoms with E-state index in [0.29, 0.717) is 6.61 Å². The first kappa shape index (κ1) is 11.4. The zero-order valence-corrected chi connectivity index (χ0v) is 9.56. The van der Waals surface area contributed by atoms with E-state index in [-0.39, 0.29) is 12.2 Å². The molecule has 0 amide bonds. The lowest BCUT2D eigenvalue weighted by Gasteiger charge is -2.26. The maximum absolute atomic E-state index is 9.54. The molecule has 0 radical (unpaired) electrons. The lowest BCUT2D eigenvalue weighted by atomic mass is 9.99. The smallest absolute Gasteiger partial charge is 0.118 e. The Bertz CT molecular complexity index is 320. The Kier molecular flexibility index (Phi) is 3.80. The number of hydrogen-bond donors (Lipinski definition) is 1. The standard InChI is InChI=1S/C13H18O3/c1-15-12-4-2-10(3-5-12)8-13-9-11(14)6-7-16-13/h2-5,11,13-14H,6-9H2,1H3. The predicted molar refractivity (Wildman–Crippen MR) is 61.7 cm³/mol. The lowest BCUT2D eigenvalue weighted by Crippen LogP contribution is -2.30. The van der Waals surface area contributed by atoms with E-state index >= 15 is 0 Å². The van der Waals surface area contributed by atoms with Gasteiger partial charge in [-0.15, -0.1) is 0 Å². The minimum Gasteiger partial charge on any atom is -0.497 e. The molecule has 0 spiro atoms. The van der Waals surface area contributed by atoms with E-state index < -0.39 is 0 Å². The van der Waals surface area contributed by atoms with Crippen molar-refractivity contribution in [1.82, 2.24) is 0 Å². The van der Waals surface area contributed by atoms with Gasteiger partial charge in [-0.1, -0.05) is 12.1 Å². The van der Waals surface area contributed by atoms with Crippen LogP contribution in [-0.2, 0) is 11.2 Å². The topological polar surface area (TPSA) is 38.7 Å². The van der Waals surface area contributed by atoms with Crippen molar-refractivity contribution in [1.29, 1.82) is 0 Å². The molecule has 1 aliphatic heterocycles. The summed E-state index contributed by atoms with van der Waals surface area (Å²) in [6.45, 7) is 0.669. The average Bonchev–Trinajstić information content (AvgIpc) is 2.30. The van der Waals surface area contributed by atoms with Crippen LogP contribution in [0.3, 0.4) is 0 Å². The van der Waals surface area contributed by atoms with Gasteiger partial charge in [-0.25, -0.2) is 0 Å². The van der Waals surface area contributed by atoms with E-state index in [2.05, 4.69) is 0 Å². The highest BCUT2D eigenvalue weighted by molar-refractivity contribution is 5.27. The van der Waals surface area contributed by atoms with Crippen LogP contribution in [0, 0.1) is 0 Å². The van der Waals surface area contributed by atoms with Crippen molar-refractivity contribution >= 4 is 0 Å². The molecule has 1 N–H and O–H groups in total. The molecule has 1 aromatic rings. The van der Waals surface area contributed by atoms with Crippen molar-refractivity contribution in [3.8, 4) is 5.75 Å². The fraction of sp³-hybridized carbons (Fsp3) is 0.538. The summed E-state index contributed by atoms with van der Waals surface area (Å²) in [6.07, 6.45) is 2.32. The Morgan fingerprint density at radius 3 is 2.75 bits per heavy atom. The fourth-order valence-electron chi connectivity index (χ4n) is 2.03. The highest BCUT2D eigenvalue weighted by Crippen LogP contribution is 2.19. The molecule has 1 saturated heterocycles. The molecule has 88 valence electrons. The van der Waals surface area contributed by atoms with Crippen LogP contribution in [0.15, 0.2) is 24.3 Å². The molecule has 1 aliphatic rings. The molecule has 1 aromatic carbocycles. The van der Waals surface area contributed by atoms with Gasteiger partial charge in [0, 0.05) is 6.61 Å². The quantitative estimate of drug-likeness (QED) is 0.847. The number of ether oxygens (including phenoxy) is 2. The van der Waals surface area contributed by atoms with E-state index in [0.717, 1.165) is 25.0 Å². The first-order chi connectivity index (χ1) is 7.78. The number of rotatable bonds is 3. The Morgan fingerprint density at radius 2 is 2.12 bits per heavy atom. The van der Waals surface area contributed by atoms with Crippen molar-refractivity contribution in [2.75, 3.05) is 13.7 Å². The van der Waals surface area contributed by atoms with Gasteiger partial charge < -0.3 is 14.6 Å². The zero-order chi connectivity index (χ0) is 11.4. The molecule has 1 fully saturated rings. The van der Waals surface area contributed by atoms with Crippen molar-refractivity contribution in [2.24, 2.45) is 0 Å². The van der Waals surface area contributed by atoms with E-state index in [4.69, 9.17) is 9.47 Å². The lowest BCUT2D eigenvalue weighted by molar-refractivity contribution is -0.0423. The number of methoxy groups -OCH3 is 1. The van der Waals surface area contributed by atoms with Gasteiger partial charge in [-0.2, -0.15) is 0 Å². The monoisotopic (exact) mass is 222 g/mol. The van der Waals surface area contributed by atoms with Crippen molar-refractivity contribution in [3.63, 3.8) is 0 Å². The van der Waals surface area contributed by atoms with Crippen LogP contribution in [0.1, 0.15) is 18.4 Å². The second-order valence-corrected chi connectivity index (χ2v) is 4.22. The van der Waals surface area contributed by atoms with Crippen LogP contribution in [0.25, 0.3) is 0 Å². The summed E-state index contributed by atoms with van der Waals surface area (Å²) >= 11 is 0. The summed E-state index contributed by atoms with van der Waals surface area (Å²) in [6, 6.07) is 8.00.